The van der Waals surface area contributed by atoms with Gasteiger partial charge in [-0.3, -0.25) is 0 Å². The Kier molecular flexibility index (Phi) is 3.36. The fraction of sp³-hybridized carbons (Fsp3) is 0.182. The van der Waals surface area contributed by atoms with Crippen LogP contribution in [0.3, 0.4) is 0 Å². The highest BCUT2D eigenvalue weighted by Crippen LogP contribution is 2.32. The van der Waals surface area contributed by atoms with Gasteiger partial charge < -0.3 is 11.5 Å². The maximum atomic E-state index is 5.72. The van der Waals surface area contributed by atoms with Crippen LogP contribution in [-0.4, -0.2) is 4.98 Å². The first kappa shape index (κ1) is 11.3. The Balaban J connectivity index is 2.05. The average molecular weight is 251 g/mol. The van der Waals surface area contributed by atoms with Gasteiger partial charge in [-0.05, 0) is 24.6 Å². The SMILES string of the molecule is Cc1nc(N)sc1SCc1cccc(N)c1. The Labute approximate surface area is 103 Å². The van der Waals surface area contributed by atoms with Crippen molar-refractivity contribution >= 4 is 33.9 Å². The van der Waals surface area contributed by atoms with Gasteiger partial charge in [0.2, 0.25) is 0 Å². The summed E-state index contributed by atoms with van der Waals surface area (Å²) in [6.45, 7) is 1.98. The number of thioether (sulfide) groups is 1. The van der Waals surface area contributed by atoms with Crippen LogP contribution in [0.5, 0.6) is 0 Å². The van der Waals surface area contributed by atoms with Gasteiger partial charge in [0, 0.05) is 11.4 Å². The first-order valence-corrected chi connectivity index (χ1v) is 6.65. The number of benzene rings is 1. The number of rotatable bonds is 3. The van der Waals surface area contributed by atoms with E-state index >= 15 is 0 Å². The molecule has 5 heteroatoms. The molecule has 2 rings (SSSR count). The number of hydrogen-bond donors (Lipinski definition) is 2. The number of aromatic nitrogens is 1. The van der Waals surface area contributed by atoms with E-state index in [9.17, 15) is 0 Å². The molecule has 0 aliphatic carbocycles. The van der Waals surface area contributed by atoms with Crippen molar-refractivity contribution in [3.8, 4) is 0 Å². The van der Waals surface area contributed by atoms with Crippen LogP contribution >= 0.6 is 23.1 Å². The molecule has 1 heterocycles. The lowest BCUT2D eigenvalue weighted by molar-refractivity contribution is 1.21. The van der Waals surface area contributed by atoms with Crippen LogP contribution < -0.4 is 11.5 Å². The van der Waals surface area contributed by atoms with E-state index in [0.29, 0.717) is 5.13 Å². The van der Waals surface area contributed by atoms with E-state index in [0.717, 1.165) is 17.1 Å². The first-order valence-electron chi connectivity index (χ1n) is 4.85. The second-order valence-electron chi connectivity index (χ2n) is 3.46. The molecule has 0 spiro atoms. The molecule has 2 aromatic rings. The quantitative estimate of drug-likeness (QED) is 0.650. The van der Waals surface area contributed by atoms with Crippen molar-refractivity contribution in [2.75, 3.05) is 11.5 Å². The van der Waals surface area contributed by atoms with Crippen LogP contribution in [0.4, 0.5) is 10.8 Å². The van der Waals surface area contributed by atoms with Crippen LogP contribution in [0, 0.1) is 6.92 Å². The van der Waals surface area contributed by atoms with Crippen molar-refractivity contribution in [1.82, 2.24) is 4.98 Å². The van der Waals surface area contributed by atoms with Crippen molar-refractivity contribution in [2.45, 2.75) is 16.9 Å². The smallest absolute Gasteiger partial charge is 0.181 e. The molecule has 0 saturated carbocycles. The van der Waals surface area contributed by atoms with Crippen molar-refractivity contribution in [3.05, 3.63) is 35.5 Å². The molecule has 0 bridgehead atoms. The Morgan fingerprint density at radius 1 is 1.38 bits per heavy atom. The van der Waals surface area contributed by atoms with Crippen molar-refractivity contribution in [2.24, 2.45) is 0 Å². The van der Waals surface area contributed by atoms with Gasteiger partial charge in [0.25, 0.3) is 0 Å². The Morgan fingerprint density at radius 3 is 2.81 bits per heavy atom. The van der Waals surface area contributed by atoms with Gasteiger partial charge in [0.1, 0.15) is 0 Å². The summed E-state index contributed by atoms with van der Waals surface area (Å²) < 4.78 is 1.18. The number of nitrogen functional groups attached to an aromatic ring is 2. The zero-order valence-corrected chi connectivity index (χ0v) is 10.6. The summed E-state index contributed by atoms with van der Waals surface area (Å²) in [6, 6.07) is 7.93. The minimum atomic E-state index is 0.632. The van der Waals surface area contributed by atoms with Gasteiger partial charge in [0.05, 0.1) is 9.90 Å². The molecule has 0 aliphatic heterocycles. The van der Waals surface area contributed by atoms with E-state index in [4.69, 9.17) is 11.5 Å². The number of nitrogens with zero attached hydrogens (tertiary/aromatic N) is 1. The molecule has 1 aromatic heterocycles. The summed E-state index contributed by atoms with van der Waals surface area (Å²) in [6.07, 6.45) is 0. The van der Waals surface area contributed by atoms with Crippen molar-refractivity contribution in [1.29, 1.82) is 0 Å². The molecule has 1 aromatic carbocycles. The molecule has 0 unspecified atom stereocenters. The maximum Gasteiger partial charge on any atom is 0.181 e. The van der Waals surface area contributed by atoms with Gasteiger partial charge >= 0.3 is 0 Å². The first-order chi connectivity index (χ1) is 7.65. The monoisotopic (exact) mass is 251 g/mol. The van der Waals surface area contributed by atoms with Gasteiger partial charge in [0.15, 0.2) is 5.13 Å². The van der Waals surface area contributed by atoms with E-state index in [2.05, 4.69) is 11.1 Å². The molecular formula is C11H13N3S2. The zero-order chi connectivity index (χ0) is 11.5. The normalized spacial score (nSPS) is 10.6. The van der Waals surface area contributed by atoms with E-state index < -0.39 is 0 Å². The second-order valence-corrected chi connectivity index (χ2v) is 5.73. The summed E-state index contributed by atoms with van der Waals surface area (Å²) in [5.74, 6) is 0.896. The third-order valence-corrected chi connectivity index (χ3v) is 4.51. The third kappa shape index (κ3) is 2.68. The highest BCUT2D eigenvalue weighted by molar-refractivity contribution is 8.00. The third-order valence-electron chi connectivity index (χ3n) is 2.09. The highest BCUT2D eigenvalue weighted by atomic mass is 32.2. The van der Waals surface area contributed by atoms with Gasteiger partial charge in [-0.1, -0.05) is 23.5 Å². The topological polar surface area (TPSA) is 64.9 Å². The number of hydrogen-bond acceptors (Lipinski definition) is 5. The molecule has 3 nitrogen and oxygen atoms in total. The fourth-order valence-electron chi connectivity index (χ4n) is 1.37. The summed E-state index contributed by atoms with van der Waals surface area (Å²) in [7, 11) is 0. The molecule has 0 atom stereocenters. The minimum Gasteiger partial charge on any atom is -0.399 e. The molecule has 84 valence electrons. The summed E-state index contributed by atoms with van der Waals surface area (Å²) in [5.41, 5.74) is 14.4. The number of anilines is 2. The van der Waals surface area contributed by atoms with Crippen LogP contribution in [0.15, 0.2) is 28.5 Å². The zero-order valence-electron chi connectivity index (χ0n) is 8.93. The van der Waals surface area contributed by atoms with Gasteiger partial charge in [-0.15, -0.1) is 11.8 Å². The molecule has 0 radical (unpaired) electrons. The van der Waals surface area contributed by atoms with E-state index in [1.165, 1.54) is 21.1 Å². The van der Waals surface area contributed by atoms with Crippen molar-refractivity contribution in [3.63, 3.8) is 0 Å². The van der Waals surface area contributed by atoms with Gasteiger partial charge in [-0.25, -0.2) is 4.98 Å². The summed E-state index contributed by atoms with van der Waals surface area (Å²) in [4.78, 5) is 4.19. The minimum absolute atomic E-state index is 0.632. The van der Waals surface area contributed by atoms with Crippen molar-refractivity contribution < 1.29 is 0 Å². The Bertz CT molecular complexity index is 494. The molecule has 0 amide bonds. The number of aryl methyl sites for hydroxylation is 1. The molecular weight excluding hydrogens is 238 g/mol. The maximum absolute atomic E-state index is 5.72. The molecule has 0 aliphatic rings. The van der Waals surface area contributed by atoms with Crippen LogP contribution in [-0.2, 0) is 5.75 Å². The average Bonchev–Trinajstić information content (AvgIpc) is 2.54. The number of thiazole rings is 1. The molecule has 0 saturated heterocycles. The predicted octanol–water partition coefficient (Wildman–Crippen LogP) is 2.91. The van der Waals surface area contributed by atoms with Crippen LogP contribution in [0.2, 0.25) is 0 Å². The predicted molar refractivity (Wildman–Crippen MR) is 71.7 cm³/mol. The largest absolute Gasteiger partial charge is 0.399 e. The van der Waals surface area contributed by atoms with E-state index in [1.54, 1.807) is 11.8 Å². The van der Waals surface area contributed by atoms with E-state index in [1.807, 2.05) is 25.1 Å². The van der Waals surface area contributed by atoms with Crippen LogP contribution in [0.1, 0.15) is 11.3 Å². The molecule has 4 N–H and O–H groups in total. The second kappa shape index (κ2) is 4.76. The van der Waals surface area contributed by atoms with E-state index in [-0.39, 0.29) is 0 Å². The Morgan fingerprint density at radius 2 is 2.19 bits per heavy atom. The van der Waals surface area contributed by atoms with Crippen LogP contribution in [0.25, 0.3) is 0 Å². The highest BCUT2D eigenvalue weighted by Gasteiger charge is 2.06. The number of nitrogens with two attached hydrogens (primary N) is 2. The summed E-state index contributed by atoms with van der Waals surface area (Å²) in [5, 5.41) is 0.632. The molecule has 0 fully saturated rings. The fourth-order valence-corrected chi connectivity index (χ4v) is 3.33. The molecule has 16 heavy (non-hydrogen) atoms. The lowest BCUT2D eigenvalue weighted by atomic mass is 10.2. The lowest BCUT2D eigenvalue weighted by Crippen LogP contribution is -1.86. The lowest BCUT2D eigenvalue weighted by Gasteiger charge is -2.01. The standard InChI is InChI=1S/C11H13N3S2/c1-7-10(16-11(13)14-7)15-6-8-3-2-4-9(12)5-8/h2-5H,6,12H2,1H3,(H2,13,14). The summed E-state index contributed by atoms with van der Waals surface area (Å²) >= 11 is 3.29. The van der Waals surface area contributed by atoms with Gasteiger partial charge in [-0.2, -0.15) is 0 Å². The Hall–Kier alpha value is -1.20.